The molecule has 2 aromatic carbocycles. The predicted octanol–water partition coefficient (Wildman–Crippen LogP) is 3.50. The molecule has 0 saturated carbocycles. The molecule has 0 saturated heterocycles. The van der Waals surface area contributed by atoms with Crippen molar-refractivity contribution in [3.8, 4) is 0 Å². The van der Waals surface area contributed by atoms with E-state index in [1.807, 2.05) is 0 Å². The first kappa shape index (κ1) is 15.1. The number of hydrogen-bond donors (Lipinski definition) is 2. The van der Waals surface area contributed by atoms with Crippen LogP contribution in [0.15, 0.2) is 46.9 Å². The fraction of sp³-hybridized carbons (Fsp3) is 0.200. The highest BCUT2D eigenvalue weighted by molar-refractivity contribution is 9.10. The van der Waals surface area contributed by atoms with E-state index in [9.17, 15) is 13.9 Å². The molecule has 2 rings (SSSR count). The summed E-state index contributed by atoms with van der Waals surface area (Å²) in [4.78, 5) is 0. The van der Waals surface area contributed by atoms with Crippen molar-refractivity contribution in [2.45, 2.75) is 12.0 Å². The van der Waals surface area contributed by atoms with E-state index >= 15 is 0 Å². The molecule has 106 valence electrons. The fourth-order valence-corrected chi connectivity index (χ4v) is 2.49. The minimum atomic E-state index is -1.20. The highest BCUT2D eigenvalue weighted by Crippen LogP contribution is 2.33. The van der Waals surface area contributed by atoms with Crippen LogP contribution in [0.5, 0.6) is 0 Å². The van der Waals surface area contributed by atoms with E-state index < -0.39 is 23.7 Å². The van der Waals surface area contributed by atoms with Crippen LogP contribution in [0.2, 0.25) is 0 Å². The van der Waals surface area contributed by atoms with Crippen LogP contribution in [-0.4, -0.2) is 11.7 Å². The summed E-state index contributed by atoms with van der Waals surface area (Å²) in [6.07, 6.45) is -1.20. The van der Waals surface area contributed by atoms with Gasteiger partial charge in [0.25, 0.3) is 0 Å². The third kappa shape index (κ3) is 3.06. The average Bonchev–Trinajstić information content (AvgIpc) is 2.41. The second-order valence-electron chi connectivity index (χ2n) is 4.47. The molecule has 0 amide bonds. The molecule has 2 aromatic rings. The van der Waals surface area contributed by atoms with Crippen LogP contribution in [0.25, 0.3) is 0 Å². The van der Waals surface area contributed by atoms with Gasteiger partial charge in [0.1, 0.15) is 11.6 Å². The van der Waals surface area contributed by atoms with Crippen LogP contribution in [-0.2, 0) is 0 Å². The zero-order chi connectivity index (χ0) is 14.7. The first-order chi connectivity index (χ1) is 9.54. The Morgan fingerprint density at radius 3 is 2.35 bits per heavy atom. The largest absolute Gasteiger partial charge is 0.388 e. The molecule has 2 unspecified atom stereocenters. The summed E-state index contributed by atoms with van der Waals surface area (Å²) in [7, 11) is 0. The van der Waals surface area contributed by atoms with Crippen LogP contribution >= 0.6 is 15.9 Å². The fourth-order valence-electron chi connectivity index (χ4n) is 2.16. The van der Waals surface area contributed by atoms with Crippen molar-refractivity contribution in [2.24, 2.45) is 5.73 Å². The van der Waals surface area contributed by atoms with Gasteiger partial charge in [-0.2, -0.15) is 0 Å². The molecule has 0 heterocycles. The number of rotatable bonds is 4. The lowest BCUT2D eigenvalue weighted by molar-refractivity contribution is 0.141. The smallest absolute Gasteiger partial charge is 0.130 e. The Balaban J connectivity index is 2.39. The van der Waals surface area contributed by atoms with Gasteiger partial charge in [-0.25, -0.2) is 8.78 Å². The van der Waals surface area contributed by atoms with Crippen molar-refractivity contribution in [2.75, 3.05) is 6.54 Å². The van der Waals surface area contributed by atoms with E-state index in [-0.39, 0.29) is 17.7 Å². The number of hydrogen-bond acceptors (Lipinski definition) is 2. The number of benzene rings is 2. The van der Waals surface area contributed by atoms with Crippen LogP contribution in [0.4, 0.5) is 8.78 Å². The molecule has 0 fully saturated rings. The van der Waals surface area contributed by atoms with Gasteiger partial charge in [-0.1, -0.05) is 40.2 Å². The Labute approximate surface area is 124 Å². The van der Waals surface area contributed by atoms with Crippen LogP contribution in [0.1, 0.15) is 23.1 Å². The lowest BCUT2D eigenvalue weighted by Crippen LogP contribution is -2.22. The minimum Gasteiger partial charge on any atom is -0.388 e. The van der Waals surface area contributed by atoms with E-state index in [0.29, 0.717) is 4.47 Å². The van der Waals surface area contributed by atoms with Gasteiger partial charge >= 0.3 is 0 Å². The zero-order valence-corrected chi connectivity index (χ0v) is 12.1. The number of halogens is 3. The molecule has 2 nitrogen and oxygen atoms in total. The Bertz CT molecular complexity index is 606. The van der Waals surface area contributed by atoms with Gasteiger partial charge in [-0.15, -0.1) is 0 Å². The summed E-state index contributed by atoms with van der Waals surface area (Å²) < 4.78 is 28.3. The highest BCUT2D eigenvalue weighted by Gasteiger charge is 2.26. The van der Waals surface area contributed by atoms with Gasteiger partial charge in [-0.05, 0) is 23.8 Å². The molecule has 0 aliphatic heterocycles. The molecule has 0 aliphatic carbocycles. The molecule has 0 aromatic heterocycles. The summed E-state index contributed by atoms with van der Waals surface area (Å²) in [5, 5.41) is 10.3. The average molecular weight is 342 g/mol. The number of nitrogens with two attached hydrogens (primary N) is 1. The van der Waals surface area contributed by atoms with Crippen molar-refractivity contribution in [3.63, 3.8) is 0 Å². The molecule has 0 radical (unpaired) electrons. The van der Waals surface area contributed by atoms with Gasteiger partial charge in [0.2, 0.25) is 0 Å². The summed E-state index contributed by atoms with van der Waals surface area (Å²) >= 11 is 3.15. The molecule has 20 heavy (non-hydrogen) atoms. The van der Waals surface area contributed by atoms with E-state index in [2.05, 4.69) is 15.9 Å². The molecule has 3 N–H and O–H groups in total. The van der Waals surface area contributed by atoms with Crippen molar-refractivity contribution in [3.05, 3.63) is 69.7 Å². The van der Waals surface area contributed by atoms with Crippen molar-refractivity contribution < 1.29 is 13.9 Å². The number of aliphatic hydroxyl groups is 1. The monoisotopic (exact) mass is 341 g/mol. The summed E-state index contributed by atoms with van der Waals surface area (Å²) in [5.74, 6) is -1.71. The SMILES string of the molecule is NCC(c1ccccc1F)C(O)c1ccc(Br)cc1F. The normalized spacial score (nSPS) is 14.1. The topological polar surface area (TPSA) is 46.2 Å². The summed E-state index contributed by atoms with van der Waals surface area (Å²) in [5.41, 5.74) is 6.02. The zero-order valence-electron chi connectivity index (χ0n) is 10.6. The van der Waals surface area contributed by atoms with Crippen LogP contribution < -0.4 is 5.73 Å². The van der Waals surface area contributed by atoms with Crippen molar-refractivity contribution in [1.29, 1.82) is 0 Å². The molecule has 0 spiro atoms. The van der Waals surface area contributed by atoms with Crippen molar-refractivity contribution >= 4 is 15.9 Å². The van der Waals surface area contributed by atoms with Crippen LogP contribution in [0, 0.1) is 11.6 Å². The lowest BCUT2D eigenvalue weighted by Gasteiger charge is -2.23. The maximum Gasteiger partial charge on any atom is 0.130 e. The van der Waals surface area contributed by atoms with Gasteiger partial charge in [0.05, 0.1) is 6.10 Å². The highest BCUT2D eigenvalue weighted by atomic mass is 79.9. The van der Waals surface area contributed by atoms with Gasteiger partial charge in [-0.3, -0.25) is 0 Å². The van der Waals surface area contributed by atoms with Crippen molar-refractivity contribution in [1.82, 2.24) is 0 Å². The third-order valence-corrected chi connectivity index (χ3v) is 3.71. The third-order valence-electron chi connectivity index (χ3n) is 3.22. The van der Waals surface area contributed by atoms with Gasteiger partial charge in [0, 0.05) is 22.5 Å². The maximum atomic E-state index is 13.9. The second-order valence-corrected chi connectivity index (χ2v) is 5.39. The standard InChI is InChI=1S/C15H14BrF2NO/c16-9-5-6-11(14(18)7-9)15(20)12(8-19)10-3-1-2-4-13(10)17/h1-7,12,15,20H,8,19H2. The molecular weight excluding hydrogens is 328 g/mol. The lowest BCUT2D eigenvalue weighted by atomic mass is 9.88. The van der Waals surface area contributed by atoms with E-state index in [0.717, 1.165) is 0 Å². The Morgan fingerprint density at radius 1 is 1.05 bits per heavy atom. The van der Waals surface area contributed by atoms with Gasteiger partial charge in [0.15, 0.2) is 0 Å². The predicted molar refractivity (Wildman–Crippen MR) is 77.3 cm³/mol. The van der Waals surface area contributed by atoms with E-state index in [1.54, 1.807) is 24.3 Å². The van der Waals surface area contributed by atoms with E-state index in [4.69, 9.17) is 5.73 Å². The summed E-state index contributed by atoms with van der Waals surface area (Å²) in [6.45, 7) is 0.0115. The Morgan fingerprint density at radius 2 is 1.75 bits per heavy atom. The first-order valence-electron chi connectivity index (χ1n) is 6.12. The first-order valence-corrected chi connectivity index (χ1v) is 6.91. The Hall–Kier alpha value is -1.30. The molecular formula is C15H14BrF2NO. The molecule has 5 heteroatoms. The van der Waals surface area contributed by atoms with Gasteiger partial charge < -0.3 is 10.8 Å². The molecule has 0 aliphatic rings. The Kier molecular flexibility index (Phi) is 4.86. The molecule has 2 atom stereocenters. The molecule has 0 bridgehead atoms. The van der Waals surface area contributed by atoms with E-state index in [1.165, 1.54) is 18.2 Å². The minimum absolute atomic E-state index is 0.0115. The summed E-state index contributed by atoms with van der Waals surface area (Å²) in [6, 6.07) is 10.4. The second kappa shape index (κ2) is 6.43. The quantitative estimate of drug-likeness (QED) is 0.893. The van der Waals surface area contributed by atoms with Crippen LogP contribution in [0.3, 0.4) is 0 Å². The maximum absolute atomic E-state index is 13.9. The number of aliphatic hydroxyl groups excluding tert-OH is 1.